The Bertz CT molecular complexity index is 664. The Morgan fingerprint density at radius 2 is 2.17 bits per heavy atom. The van der Waals surface area contributed by atoms with Gasteiger partial charge in [-0.25, -0.2) is 0 Å². The molecule has 0 aliphatic heterocycles. The number of nitrogen functional groups attached to an aromatic ring is 1. The highest BCUT2D eigenvalue weighted by molar-refractivity contribution is 5.98. The molecule has 0 spiro atoms. The quantitative estimate of drug-likeness (QED) is 0.687. The molecule has 2 aromatic heterocycles. The van der Waals surface area contributed by atoms with Crippen LogP contribution in [0.15, 0.2) is 47.3 Å². The number of nitrogens with one attached hydrogen (secondary N) is 1. The first-order chi connectivity index (χ1) is 8.84. The Labute approximate surface area is 104 Å². The number of fused-ring (bicyclic) bond motifs is 1. The highest BCUT2D eigenvalue weighted by atomic mass is 16.5. The third-order valence-corrected chi connectivity index (χ3v) is 2.75. The second-order valence-corrected chi connectivity index (χ2v) is 3.95. The van der Waals surface area contributed by atoms with Crippen LogP contribution in [-0.2, 0) is 6.54 Å². The van der Waals surface area contributed by atoms with Crippen molar-refractivity contribution in [3.63, 3.8) is 0 Å². The van der Waals surface area contributed by atoms with Crippen LogP contribution in [0.3, 0.4) is 0 Å². The zero-order chi connectivity index (χ0) is 12.4. The molecule has 0 aliphatic rings. The van der Waals surface area contributed by atoms with Gasteiger partial charge in [0.1, 0.15) is 12.0 Å². The molecule has 3 rings (SSSR count). The predicted octanol–water partition coefficient (Wildman–Crippen LogP) is 2.42. The third-order valence-electron chi connectivity index (χ3n) is 2.75. The van der Waals surface area contributed by atoms with E-state index in [-0.39, 0.29) is 0 Å². The van der Waals surface area contributed by atoms with Gasteiger partial charge in [0.2, 0.25) is 0 Å². The van der Waals surface area contributed by atoms with E-state index in [0.717, 1.165) is 22.3 Å². The number of rotatable bonds is 3. The number of pyridine rings is 1. The Morgan fingerprint density at radius 3 is 3.00 bits per heavy atom. The first kappa shape index (κ1) is 10.6. The van der Waals surface area contributed by atoms with Crippen LogP contribution < -0.4 is 11.1 Å². The van der Waals surface area contributed by atoms with Crippen molar-refractivity contribution < 1.29 is 4.52 Å². The molecule has 2 heterocycles. The summed E-state index contributed by atoms with van der Waals surface area (Å²) in [5.74, 6) is 0. The van der Waals surface area contributed by atoms with E-state index in [1.807, 2.05) is 30.3 Å². The second-order valence-electron chi connectivity index (χ2n) is 3.95. The molecule has 5 heteroatoms. The minimum Gasteiger partial charge on any atom is -0.397 e. The standard InChI is InChI=1S/C13H12N4O/c14-11-3-4-12(10-2-1-6-15-13(10)11)16-8-9-5-7-18-17-9/h1-7,16H,8,14H2. The Morgan fingerprint density at radius 1 is 1.22 bits per heavy atom. The largest absolute Gasteiger partial charge is 0.397 e. The molecule has 0 saturated heterocycles. The summed E-state index contributed by atoms with van der Waals surface area (Å²) in [5, 5.41) is 8.15. The van der Waals surface area contributed by atoms with Crippen molar-refractivity contribution >= 4 is 22.3 Å². The summed E-state index contributed by atoms with van der Waals surface area (Å²) in [7, 11) is 0. The van der Waals surface area contributed by atoms with Crippen molar-refractivity contribution in [3.05, 3.63) is 48.5 Å². The summed E-state index contributed by atoms with van der Waals surface area (Å²) in [6, 6.07) is 9.50. The Hall–Kier alpha value is -2.56. The Kier molecular flexibility index (Phi) is 2.57. The lowest BCUT2D eigenvalue weighted by molar-refractivity contribution is 0.412. The molecule has 0 saturated carbocycles. The smallest absolute Gasteiger partial charge is 0.124 e. The molecule has 18 heavy (non-hydrogen) atoms. The lowest BCUT2D eigenvalue weighted by Crippen LogP contribution is -2.01. The van der Waals surface area contributed by atoms with Gasteiger partial charge in [0, 0.05) is 23.3 Å². The molecule has 0 bridgehead atoms. The van der Waals surface area contributed by atoms with E-state index in [2.05, 4.69) is 15.5 Å². The zero-order valence-electron chi connectivity index (χ0n) is 9.63. The third kappa shape index (κ3) is 1.86. The van der Waals surface area contributed by atoms with Crippen LogP contribution in [0.25, 0.3) is 10.9 Å². The van der Waals surface area contributed by atoms with E-state index >= 15 is 0 Å². The van der Waals surface area contributed by atoms with Gasteiger partial charge in [0.15, 0.2) is 0 Å². The maximum atomic E-state index is 5.90. The summed E-state index contributed by atoms with van der Waals surface area (Å²) in [5.41, 5.74) is 9.22. The molecule has 90 valence electrons. The fourth-order valence-electron chi connectivity index (χ4n) is 1.86. The van der Waals surface area contributed by atoms with Crippen LogP contribution in [0.5, 0.6) is 0 Å². The minimum absolute atomic E-state index is 0.602. The van der Waals surface area contributed by atoms with Crippen molar-refractivity contribution in [1.82, 2.24) is 10.1 Å². The first-order valence-electron chi connectivity index (χ1n) is 5.61. The topological polar surface area (TPSA) is 77.0 Å². The first-order valence-corrected chi connectivity index (χ1v) is 5.61. The van der Waals surface area contributed by atoms with Gasteiger partial charge in [0.25, 0.3) is 0 Å². The SMILES string of the molecule is Nc1ccc(NCc2ccon2)c2cccnc12. The number of nitrogens with two attached hydrogens (primary N) is 1. The van der Waals surface area contributed by atoms with Crippen molar-refractivity contribution in [1.29, 1.82) is 0 Å². The lowest BCUT2D eigenvalue weighted by atomic mass is 10.1. The highest BCUT2D eigenvalue weighted by Crippen LogP contribution is 2.26. The van der Waals surface area contributed by atoms with Crippen molar-refractivity contribution in [2.75, 3.05) is 11.1 Å². The van der Waals surface area contributed by atoms with E-state index in [4.69, 9.17) is 10.3 Å². The minimum atomic E-state index is 0.602. The number of aromatic nitrogens is 2. The van der Waals surface area contributed by atoms with Crippen molar-refractivity contribution in [3.8, 4) is 0 Å². The molecular formula is C13H12N4O. The average Bonchev–Trinajstić information content (AvgIpc) is 2.92. The van der Waals surface area contributed by atoms with Gasteiger partial charge in [0.05, 0.1) is 17.7 Å². The molecule has 3 N–H and O–H groups in total. The van der Waals surface area contributed by atoms with Crippen LogP contribution >= 0.6 is 0 Å². The normalized spacial score (nSPS) is 10.7. The molecule has 1 aromatic carbocycles. The molecule has 3 aromatic rings. The van der Waals surface area contributed by atoms with Crippen LogP contribution in [0.4, 0.5) is 11.4 Å². The number of hydrogen-bond donors (Lipinski definition) is 2. The second kappa shape index (κ2) is 4.37. The van der Waals surface area contributed by atoms with E-state index in [0.29, 0.717) is 12.2 Å². The van der Waals surface area contributed by atoms with Crippen LogP contribution in [0.1, 0.15) is 5.69 Å². The van der Waals surface area contributed by atoms with Crippen molar-refractivity contribution in [2.24, 2.45) is 0 Å². The van der Waals surface area contributed by atoms with Crippen LogP contribution in [0.2, 0.25) is 0 Å². The maximum absolute atomic E-state index is 5.90. The maximum Gasteiger partial charge on any atom is 0.124 e. The molecule has 0 fully saturated rings. The van der Waals surface area contributed by atoms with Gasteiger partial charge in [-0.05, 0) is 24.3 Å². The van der Waals surface area contributed by atoms with E-state index in [1.54, 1.807) is 12.5 Å². The predicted molar refractivity (Wildman–Crippen MR) is 70.0 cm³/mol. The lowest BCUT2D eigenvalue weighted by Gasteiger charge is -2.09. The number of anilines is 2. The van der Waals surface area contributed by atoms with Gasteiger partial charge >= 0.3 is 0 Å². The van der Waals surface area contributed by atoms with Gasteiger partial charge in [-0.15, -0.1) is 0 Å². The van der Waals surface area contributed by atoms with Gasteiger partial charge in [-0.1, -0.05) is 5.16 Å². The Balaban J connectivity index is 1.94. The van der Waals surface area contributed by atoms with Crippen LogP contribution in [0, 0.1) is 0 Å². The van der Waals surface area contributed by atoms with E-state index < -0.39 is 0 Å². The summed E-state index contributed by atoms with van der Waals surface area (Å²) < 4.78 is 4.79. The fraction of sp³-hybridized carbons (Fsp3) is 0.0769. The number of hydrogen-bond acceptors (Lipinski definition) is 5. The fourth-order valence-corrected chi connectivity index (χ4v) is 1.86. The van der Waals surface area contributed by atoms with E-state index in [1.165, 1.54) is 0 Å². The molecule has 5 nitrogen and oxygen atoms in total. The molecule has 0 aliphatic carbocycles. The number of benzene rings is 1. The molecule has 0 amide bonds. The average molecular weight is 240 g/mol. The zero-order valence-corrected chi connectivity index (χ0v) is 9.63. The van der Waals surface area contributed by atoms with E-state index in [9.17, 15) is 0 Å². The van der Waals surface area contributed by atoms with Gasteiger partial charge in [-0.3, -0.25) is 4.98 Å². The van der Waals surface area contributed by atoms with Crippen LogP contribution in [-0.4, -0.2) is 10.1 Å². The van der Waals surface area contributed by atoms with Crippen molar-refractivity contribution in [2.45, 2.75) is 6.54 Å². The summed E-state index contributed by atoms with van der Waals surface area (Å²) in [6.07, 6.45) is 3.29. The molecular weight excluding hydrogens is 228 g/mol. The molecule has 0 radical (unpaired) electrons. The summed E-state index contributed by atoms with van der Waals surface area (Å²) >= 11 is 0. The summed E-state index contributed by atoms with van der Waals surface area (Å²) in [4.78, 5) is 4.29. The molecule has 0 unspecified atom stereocenters. The van der Waals surface area contributed by atoms with Gasteiger partial charge in [-0.2, -0.15) is 0 Å². The summed E-state index contributed by atoms with van der Waals surface area (Å²) in [6.45, 7) is 0.602. The number of nitrogens with zero attached hydrogens (tertiary/aromatic N) is 2. The van der Waals surface area contributed by atoms with Gasteiger partial charge < -0.3 is 15.6 Å². The molecule has 0 atom stereocenters. The monoisotopic (exact) mass is 240 g/mol. The highest BCUT2D eigenvalue weighted by Gasteiger charge is 2.05.